The van der Waals surface area contributed by atoms with E-state index in [2.05, 4.69) is 45.0 Å². The van der Waals surface area contributed by atoms with E-state index in [4.69, 9.17) is 5.73 Å². The molecule has 0 aliphatic rings. The van der Waals surface area contributed by atoms with Crippen molar-refractivity contribution in [2.45, 2.75) is 46.1 Å². The van der Waals surface area contributed by atoms with E-state index >= 15 is 0 Å². The molecule has 1 aromatic rings. The highest BCUT2D eigenvalue weighted by atomic mass is 35.5. The minimum Gasteiger partial charge on any atom is -0.345 e. The van der Waals surface area contributed by atoms with E-state index in [0.717, 1.165) is 0 Å². The van der Waals surface area contributed by atoms with Gasteiger partial charge in [-0.2, -0.15) is 0 Å². The molecule has 0 bridgehead atoms. The maximum atomic E-state index is 12.3. The van der Waals surface area contributed by atoms with E-state index in [1.54, 1.807) is 4.90 Å². The van der Waals surface area contributed by atoms with Gasteiger partial charge in [0, 0.05) is 25.0 Å². The summed E-state index contributed by atoms with van der Waals surface area (Å²) in [7, 11) is 1.86. The summed E-state index contributed by atoms with van der Waals surface area (Å²) in [5.74, 6) is -0.0333. The Morgan fingerprint density at radius 2 is 1.71 bits per heavy atom. The minimum absolute atomic E-state index is 0. The van der Waals surface area contributed by atoms with Gasteiger partial charge in [-0.1, -0.05) is 50.6 Å². The zero-order valence-electron chi connectivity index (χ0n) is 14.0. The molecule has 21 heavy (non-hydrogen) atoms. The monoisotopic (exact) mass is 312 g/mol. The lowest BCUT2D eigenvalue weighted by Crippen LogP contribution is -2.44. The molecule has 3 nitrogen and oxygen atoms in total. The molecule has 4 heteroatoms. The molecule has 0 aliphatic heterocycles. The Kier molecular flexibility index (Phi) is 7.41. The summed E-state index contributed by atoms with van der Waals surface area (Å²) >= 11 is 0. The van der Waals surface area contributed by atoms with Gasteiger partial charge < -0.3 is 10.6 Å². The lowest BCUT2D eigenvalue weighted by atomic mass is 9.83. The zero-order valence-corrected chi connectivity index (χ0v) is 14.8. The number of halogens is 1. The van der Waals surface area contributed by atoms with Crippen molar-refractivity contribution in [2.24, 2.45) is 11.7 Å². The average molecular weight is 313 g/mol. The van der Waals surface area contributed by atoms with Crippen LogP contribution in [0.3, 0.4) is 0 Å². The Labute approximate surface area is 135 Å². The Morgan fingerprint density at radius 1 is 1.24 bits per heavy atom. The van der Waals surface area contributed by atoms with E-state index in [1.165, 1.54) is 11.1 Å². The van der Waals surface area contributed by atoms with E-state index in [9.17, 15) is 4.79 Å². The van der Waals surface area contributed by atoms with Crippen molar-refractivity contribution in [3.05, 3.63) is 35.4 Å². The van der Waals surface area contributed by atoms with Crippen molar-refractivity contribution >= 4 is 18.3 Å². The first kappa shape index (κ1) is 19.9. The first-order chi connectivity index (χ1) is 9.15. The van der Waals surface area contributed by atoms with Crippen molar-refractivity contribution < 1.29 is 4.79 Å². The lowest BCUT2D eigenvalue weighted by molar-refractivity contribution is -0.134. The number of rotatable bonds is 5. The van der Waals surface area contributed by atoms with Gasteiger partial charge in [-0.3, -0.25) is 4.79 Å². The van der Waals surface area contributed by atoms with Crippen LogP contribution >= 0.6 is 12.4 Å². The molecule has 0 fully saturated rings. The van der Waals surface area contributed by atoms with Gasteiger partial charge in [0.2, 0.25) is 5.91 Å². The Hall–Kier alpha value is -1.06. The van der Waals surface area contributed by atoms with Crippen molar-refractivity contribution in [3.63, 3.8) is 0 Å². The average Bonchev–Trinajstić information content (AvgIpc) is 2.36. The first-order valence-corrected chi connectivity index (χ1v) is 7.23. The number of carbonyl (C=O) groups is 1. The molecule has 1 aromatic carbocycles. The molecule has 0 heterocycles. The molecular formula is C17H29ClN2O. The van der Waals surface area contributed by atoms with Crippen LogP contribution in [-0.4, -0.2) is 30.4 Å². The summed E-state index contributed by atoms with van der Waals surface area (Å²) in [4.78, 5) is 14.1. The summed E-state index contributed by atoms with van der Waals surface area (Å²) in [6, 6.07) is 8.39. The number of benzene rings is 1. The van der Waals surface area contributed by atoms with E-state index in [-0.39, 0.29) is 35.7 Å². The van der Waals surface area contributed by atoms with Gasteiger partial charge in [-0.15, -0.1) is 12.4 Å². The summed E-state index contributed by atoms with van der Waals surface area (Å²) in [6.45, 7) is 10.9. The normalized spacial score (nSPS) is 14.0. The number of amides is 1. The van der Waals surface area contributed by atoms with Crippen LogP contribution in [0.15, 0.2) is 24.3 Å². The van der Waals surface area contributed by atoms with Crippen LogP contribution in [0.5, 0.6) is 0 Å². The molecule has 0 aromatic heterocycles. The first-order valence-electron chi connectivity index (χ1n) is 7.23. The van der Waals surface area contributed by atoms with E-state index < -0.39 is 0 Å². The largest absolute Gasteiger partial charge is 0.345 e. The number of carbonyl (C=O) groups excluding carboxylic acids is 1. The fourth-order valence-electron chi connectivity index (χ4n) is 2.34. The molecule has 2 N–H and O–H groups in total. The fraction of sp³-hybridized carbons (Fsp3) is 0.588. The molecule has 2 unspecified atom stereocenters. The summed E-state index contributed by atoms with van der Waals surface area (Å²) in [6.07, 6.45) is 0. The van der Waals surface area contributed by atoms with Crippen LogP contribution in [0.25, 0.3) is 0 Å². The topological polar surface area (TPSA) is 46.3 Å². The number of nitrogens with two attached hydrogens (primary N) is 1. The van der Waals surface area contributed by atoms with Gasteiger partial charge in [0.05, 0.1) is 5.92 Å². The Morgan fingerprint density at radius 3 is 2.14 bits per heavy atom. The standard InChI is InChI=1S/C17H28N2O.ClH/c1-12-7-9-15(10-8-12)17(4,5)11-19(6)16(20)13(2)14(3)18;/h7-10,13-14H,11,18H2,1-6H3;1H. The second-order valence-electron chi connectivity index (χ2n) is 6.59. The molecule has 1 amide bonds. The third kappa shape index (κ3) is 5.33. The van der Waals surface area contributed by atoms with Crippen LogP contribution in [0.2, 0.25) is 0 Å². The van der Waals surface area contributed by atoms with E-state index in [1.807, 2.05) is 20.9 Å². The van der Waals surface area contributed by atoms with Crippen LogP contribution in [0.4, 0.5) is 0 Å². The molecule has 0 saturated carbocycles. The molecule has 0 aliphatic carbocycles. The van der Waals surface area contributed by atoms with Crippen molar-refractivity contribution in [1.29, 1.82) is 0 Å². The smallest absolute Gasteiger partial charge is 0.226 e. The lowest BCUT2D eigenvalue weighted by Gasteiger charge is -2.33. The highest BCUT2D eigenvalue weighted by molar-refractivity contribution is 5.85. The maximum Gasteiger partial charge on any atom is 0.226 e. The SMILES string of the molecule is Cc1ccc(C(C)(C)CN(C)C(=O)C(C)C(C)N)cc1.Cl. The van der Waals surface area contributed by atoms with Crippen LogP contribution in [0.1, 0.15) is 38.8 Å². The predicted octanol–water partition coefficient (Wildman–Crippen LogP) is 3.14. The Bertz CT molecular complexity index is 454. The van der Waals surface area contributed by atoms with Crippen molar-refractivity contribution in [1.82, 2.24) is 4.90 Å². The third-order valence-corrected chi connectivity index (χ3v) is 4.02. The predicted molar refractivity (Wildman–Crippen MR) is 91.9 cm³/mol. The highest BCUT2D eigenvalue weighted by Gasteiger charge is 2.27. The van der Waals surface area contributed by atoms with Crippen LogP contribution in [0, 0.1) is 12.8 Å². The number of likely N-dealkylation sites (N-methyl/N-ethyl adjacent to an activating group) is 1. The third-order valence-electron chi connectivity index (χ3n) is 4.02. The summed E-state index contributed by atoms with van der Waals surface area (Å²) < 4.78 is 0. The van der Waals surface area contributed by atoms with Crippen molar-refractivity contribution in [2.75, 3.05) is 13.6 Å². The molecular weight excluding hydrogens is 284 g/mol. The van der Waals surface area contributed by atoms with Gasteiger partial charge in [-0.05, 0) is 19.4 Å². The van der Waals surface area contributed by atoms with Crippen molar-refractivity contribution in [3.8, 4) is 0 Å². The maximum absolute atomic E-state index is 12.3. The molecule has 2 atom stereocenters. The van der Waals surface area contributed by atoms with Crippen LogP contribution < -0.4 is 5.73 Å². The molecule has 0 radical (unpaired) electrons. The van der Waals surface area contributed by atoms with Crippen LogP contribution in [-0.2, 0) is 10.2 Å². The van der Waals surface area contributed by atoms with Gasteiger partial charge in [0.1, 0.15) is 0 Å². The van der Waals surface area contributed by atoms with Gasteiger partial charge in [0.15, 0.2) is 0 Å². The van der Waals surface area contributed by atoms with Gasteiger partial charge in [0.25, 0.3) is 0 Å². The van der Waals surface area contributed by atoms with Gasteiger partial charge >= 0.3 is 0 Å². The quantitative estimate of drug-likeness (QED) is 0.908. The molecule has 120 valence electrons. The summed E-state index contributed by atoms with van der Waals surface area (Å²) in [5, 5.41) is 0. The fourth-order valence-corrected chi connectivity index (χ4v) is 2.34. The zero-order chi connectivity index (χ0) is 15.5. The number of nitrogens with zero attached hydrogens (tertiary/aromatic N) is 1. The second-order valence-corrected chi connectivity index (χ2v) is 6.59. The molecule has 0 spiro atoms. The van der Waals surface area contributed by atoms with Gasteiger partial charge in [-0.25, -0.2) is 0 Å². The Balaban J connectivity index is 0.00000400. The van der Waals surface area contributed by atoms with E-state index in [0.29, 0.717) is 6.54 Å². The molecule has 1 rings (SSSR count). The molecule has 0 saturated heterocycles. The highest BCUT2D eigenvalue weighted by Crippen LogP contribution is 2.25. The minimum atomic E-state index is -0.145. The summed E-state index contributed by atoms with van der Waals surface area (Å²) in [5.41, 5.74) is 8.24. The number of aryl methyl sites for hydroxylation is 1. The second kappa shape index (κ2) is 7.81. The number of hydrogen-bond donors (Lipinski definition) is 1. The number of hydrogen-bond acceptors (Lipinski definition) is 2.